The van der Waals surface area contributed by atoms with Gasteiger partial charge in [0, 0.05) is 18.8 Å². The highest BCUT2D eigenvalue weighted by Gasteiger charge is 2.36. The fourth-order valence-electron chi connectivity index (χ4n) is 2.39. The Morgan fingerprint density at radius 3 is 2.70 bits per heavy atom. The van der Waals surface area contributed by atoms with E-state index in [9.17, 15) is 22.8 Å². The van der Waals surface area contributed by atoms with Gasteiger partial charge in [-0.05, 0) is 25.2 Å². The fourth-order valence-corrected chi connectivity index (χ4v) is 2.39. The Kier molecular flexibility index (Phi) is 6.23. The lowest BCUT2D eigenvalue weighted by atomic mass is 9.89. The Morgan fingerprint density at radius 2 is 2.10 bits per heavy atom. The second-order valence-corrected chi connectivity index (χ2v) is 4.97. The van der Waals surface area contributed by atoms with E-state index in [0.29, 0.717) is 19.3 Å². The predicted octanol–water partition coefficient (Wildman–Crippen LogP) is 3.43. The summed E-state index contributed by atoms with van der Waals surface area (Å²) >= 11 is 0. The SMILES string of the molecule is CC/C=C/CC1C(=O)CCC1CC(=O)OCC(F)(F)F. The third-order valence-electron chi connectivity index (χ3n) is 3.36. The molecule has 0 aromatic heterocycles. The number of carbonyl (C=O) groups is 2. The third-order valence-corrected chi connectivity index (χ3v) is 3.36. The van der Waals surface area contributed by atoms with Crippen molar-refractivity contribution in [1.82, 2.24) is 0 Å². The van der Waals surface area contributed by atoms with Gasteiger partial charge in [0.1, 0.15) is 5.78 Å². The summed E-state index contributed by atoms with van der Waals surface area (Å²) in [7, 11) is 0. The molecule has 1 fully saturated rings. The van der Waals surface area contributed by atoms with Crippen molar-refractivity contribution in [3.63, 3.8) is 0 Å². The van der Waals surface area contributed by atoms with Crippen LogP contribution < -0.4 is 0 Å². The van der Waals surface area contributed by atoms with E-state index >= 15 is 0 Å². The molecular formula is C14H19F3O3. The average Bonchev–Trinajstić information content (AvgIpc) is 2.68. The first-order valence-electron chi connectivity index (χ1n) is 6.73. The number of allylic oxidation sites excluding steroid dienone is 2. The second-order valence-electron chi connectivity index (χ2n) is 4.97. The maximum atomic E-state index is 11.9. The van der Waals surface area contributed by atoms with Crippen molar-refractivity contribution in [3.8, 4) is 0 Å². The number of esters is 1. The van der Waals surface area contributed by atoms with E-state index in [0.717, 1.165) is 6.42 Å². The lowest BCUT2D eigenvalue weighted by molar-refractivity contribution is -0.187. The molecule has 1 saturated carbocycles. The number of carbonyl (C=O) groups excluding carboxylic acids is 2. The minimum Gasteiger partial charge on any atom is -0.456 e. The maximum absolute atomic E-state index is 11.9. The molecule has 1 rings (SSSR count). The number of ketones is 1. The van der Waals surface area contributed by atoms with E-state index in [1.165, 1.54) is 0 Å². The van der Waals surface area contributed by atoms with Crippen LogP contribution in [-0.2, 0) is 14.3 Å². The minimum absolute atomic E-state index is 0.0828. The highest BCUT2D eigenvalue weighted by atomic mass is 19.4. The van der Waals surface area contributed by atoms with Crippen molar-refractivity contribution < 1.29 is 27.5 Å². The highest BCUT2D eigenvalue weighted by molar-refractivity contribution is 5.84. The number of halogens is 3. The van der Waals surface area contributed by atoms with Crippen molar-refractivity contribution in [3.05, 3.63) is 12.2 Å². The molecule has 0 aliphatic heterocycles. The van der Waals surface area contributed by atoms with Gasteiger partial charge >= 0.3 is 12.1 Å². The molecule has 114 valence electrons. The molecular weight excluding hydrogens is 273 g/mol. The summed E-state index contributed by atoms with van der Waals surface area (Å²) in [5, 5.41) is 0. The third kappa shape index (κ3) is 5.75. The van der Waals surface area contributed by atoms with Crippen molar-refractivity contribution in [2.75, 3.05) is 6.61 Å². The van der Waals surface area contributed by atoms with Gasteiger partial charge in [-0.1, -0.05) is 19.1 Å². The van der Waals surface area contributed by atoms with Gasteiger partial charge in [0.15, 0.2) is 6.61 Å². The van der Waals surface area contributed by atoms with Gasteiger partial charge in [-0.3, -0.25) is 9.59 Å². The van der Waals surface area contributed by atoms with Gasteiger partial charge in [0.25, 0.3) is 0 Å². The first kappa shape index (κ1) is 16.7. The summed E-state index contributed by atoms with van der Waals surface area (Å²) in [6, 6.07) is 0. The van der Waals surface area contributed by atoms with Crippen LogP contribution in [0.3, 0.4) is 0 Å². The highest BCUT2D eigenvalue weighted by Crippen LogP contribution is 2.34. The summed E-state index contributed by atoms with van der Waals surface area (Å²) in [4.78, 5) is 23.1. The molecule has 1 aliphatic rings. The first-order valence-corrected chi connectivity index (χ1v) is 6.73. The number of hydrogen-bond acceptors (Lipinski definition) is 3. The van der Waals surface area contributed by atoms with Gasteiger partial charge in [-0.25, -0.2) is 0 Å². The Labute approximate surface area is 116 Å². The molecule has 0 saturated heterocycles. The number of hydrogen-bond donors (Lipinski definition) is 0. The summed E-state index contributed by atoms with van der Waals surface area (Å²) < 4.78 is 40.0. The Hall–Kier alpha value is -1.33. The van der Waals surface area contributed by atoms with Crippen LogP contribution >= 0.6 is 0 Å². The molecule has 1 aliphatic carbocycles. The van der Waals surface area contributed by atoms with Crippen molar-refractivity contribution in [2.24, 2.45) is 11.8 Å². The van der Waals surface area contributed by atoms with E-state index in [1.54, 1.807) is 0 Å². The normalized spacial score (nSPS) is 23.5. The van der Waals surface area contributed by atoms with Gasteiger partial charge in [-0.15, -0.1) is 0 Å². The van der Waals surface area contributed by atoms with Crippen LogP contribution in [0.5, 0.6) is 0 Å². The molecule has 0 aromatic rings. The molecule has 0 bridgehead atoms. The first-order chi connectivity index (χ1) is 9.33. The zero-order chi connectivity index (χ0) is 15.2. The van der Waals surface area contributed by atoms with Crippen LogP contribution in [0.2, 0.25) is 0 Å². The molecule has 0 radical (unpaired) electrons. The topological polar surface area (TPSA) is 43.4 Å². The van der Waals surface area contributed by atoms with Crippen LogP contribution in [0.15, 0.2) is 12.2 Å². The van der Waals surface area contributed by atoms with E-state index in [4.69, 9.17) is 0 Å². The summed E-state index contributed by atoms with van der Waals surface area (Å²) in [6.45, 7) is 0.409. The molecule has 3 nitrogen and oxygen atoms in total. The molecule has 0 amide bonds. The van der Waals surface area contributed by atoms with Crippen molar-refractivity contribution in [2.45, 2.75) is 45.2 Å². The Morgan fingerprint density at radius 1 is 1.40 bits per heavy atom. The molecule has 6 heteroatoms. The van der Waals surface area contributed by atoms with Crippen molar-refractivity contribution in [1.29, 1.82) is 0 Å². The molecule has 0 spiro atoms. The monoisotopic (exact) mass is 292 g/mol. The van der Waals surface area contributed by atoms with Crippen LogP contribution in [0, 0.1) is 11.8 Å². The van der Waals surface area contributed by atoms with Crippen LogP contribution in [0.25, 0.3) is 0 Å². The smallest absolute Gasteiger partial charge is 0.422 e. The van der Waals surface area contributed by atoms with Crippen LogP contribution in [0.4, 0.5) is 13.2 Å². The molecule has 0 N–H and O–H groups in total. The number of alkyl halides is 3. The largest absolute Gasteiger partial charge is 0.456 e. The van der Waals surface area contributed by atoms with Gasteiger partial charge in [-0.2, -0.15) is 13.2 Å². The van der Waals surface area contributed by atoms with E-state index < -0.39 is 18.8 Å². The molecule has 0 aromatic carbocycles. The van der Waals surface area contributed by atoms with Gasteiger partial charge in [0.2, 0.25) is 0 Å². The number of rotatable bonds is 6. The van der Waals surface area contributed by atoms with Crippen LogP contribution in [-0.4, -0.2) is 24.5 Å². The van der Waals surface area contributed by atoms with Gasteiger partial charge < -0.3 is 4.74 Å². The molecule has 0 heterocycles. The van der Waals surface area contributed by atoms with E-state index in [2.05, 4.69) is 4.74 Å². The Bertz CT molecular complexity index is 374. The lowest BCUT2D eigenvalue weighted by Gasteiger charge is -2.16. The van der Waals surface area contributed by atoms with Crippen molar-refractivity contribution >= 4 is 11.8 Å². The zero-order valence-electron chi connectivity index (χ0n) is 11.4. The minimum atomic E-state index is -4.51. The predicted molar refractivity (Wildman–Crippen MR) is 66.9 cm³/mol. The standard InChI is InChI=1S/C14H19F3O3/c1-2-3-4-5-11-10(6-7-12(11)18)8-13(19)20-9-14(15,16)17/h3-4,10-11H,2,5-9H2,1H3/b4-3+. The number of Topliss-reactive ketones (excluding diaryl/α,β-unsaturated/α-hetero) is 1. The summed E-state index contributed by atoms with van der Waals surface area (Å²) in [6.07, 6.45) is 1.54. The second kappa shape index (κ2) is 7.45. The van der Waals surface area contributed by atoms with Gasteiger partial charge in [0.05, 0.1) is 0 Å². The summed E-state index contributed by atoms with van der Waals surface area (Å²) in [5.74, 6) is -1.27. The zero-order valence-corrected chi connectivity index (χ0v) is 11.4. The molecule has 2 unspecified atom stereocenters. The lowest BCUT2D eigenvalue weighted by Crippen LogP contribution is -2.23. The molecule has 2 atom stereocenters. The van der Waals surface area contributed by atoms with E-state index in [-0.39, 0.29) is 24.0 Å². The van der Waals surface area contributed by atoms with Crippen LogP contribution in [0.1, 0.15) is 39.0 Å². The summed E-state index contributed by atoms with van der Waals surface area (Å²) in [5.41, 5.74) is 0. The Balaban J connectivity index is 2.46. The molecule has 20 heavy (non-hydrogen) atoms. The number of ether oxygens (including phenoxy) is 1. The fraction of sp³-hybridized carbons (Fsp3) is 0.714. The quantitative estimate of drug-likeness (QED) is 0.556. The average molecular weight is 292 g/mol. The van der Waals surface area contributed by atoms with E-state index in [1.807, 2.05) is 19.1 Å². The maximum Gasteiger partial charge on any atom is 0.422 e.